The van der Waals surface area contributed by atoms with E-state index in [1.54, 1.807) is 21.3 Å². The Morgan fingerprint density at radius 2 is 1.73 bits per heavy atom. The normalized spacial score (nSPS) is 36.4. The molecule has 2 aliphatic rings. The van der Waals surface area contributed by atoms with Gasteiger partial charge in [0, 0.05) is 21.3 Å². The van der Waals surface area contributed by atoms with Crippen LogP contribution in [0, 0.1) is 5.92 Å². The van der Waals surface area contributed by atoms with Crippen LogP contribution >= 0.6 is 0 Å². The third-order valence-corrected chi connectivity index (χ3v) is 3.51. The molecule has 1 saturated carbocycles. The summed E-state index contributed by atoms with van der Waals surface area (Å²) in [6.45, 7) is 0. The van der Waals surface area contributed by atoms with Crippen LogP contribution in [0.15, 0.2) is 0 Å². The molecule has 0 radical (unpaired) electrons. The maximum absolute atomic E-state index is 5.51. The van der Waals surface area contributed by atoms with Crippen LogP contribution in [-0.4, -0.2) is 45.9 Å². The van der Waals surface area contributed by atoms with Crippen LogP contribution in [0.3, 0.4) is 0 Å². The van der Waals surface area contributed by atoms with E-state index in [4.69, 9.17) is 18.9 Å². The summed E-state index contributed by atoms with van der Waals surface area (Å²) in [5.74, 6) is 0.489. The van der Waals surface area contributed by atoms with E-state index in [2.05, 4.69) is 0 Å². The molecular weight excluding hydrogens is 196 g/mol. The van der Waals surface area contributed by atoms with Gasteiger partial charge in [-0.3, -0.25) is 0 Å². The molecule has 0 spiro atoms. The van der Waals surface area contributed by atoms with Gasteiger partial charge >= 0.3 is 0 Å². The molecule has 0 aromatic rings. The second kappa shape index (κ2) is 4.78. The molecule has 2 fully saturated rings. The fraction of sp³-hybridized carbons (Fsp3) is 1.00. The summed E-state index contributed by atoms with van der Waals surface area (Å²) < 4.78 is 21.5. The van der Waals surface area contributed by atoms with Gasteiger partial charge in [0.2, 0.25) is 0 Å². The zero-order chi connectivity index (χ0) is 10.8. The SMILES string of the molecule is COC(OC)C(OC)C1CCC2OC2C1. The van der Waals surface area contributed by atoms with E-state index in [0.29, 0.717) is 18.1 Å². The summed E-state index contributed by atoms with van der Waals surface area (Å²) in [7, 11) is 5.02. The number of fused-ring (bicyclic) bond motifs is 1. The van der Waals surface area contributed by atoms with Gasteiger partial charge in [-0.15, -0.1) is 0 Å². The molecule has 88 valence electrons. The molecule has 4 heteroatoms. The third kappa shape index (κ3) is 2.33. The predicted molar refractivity (Wildman–Crippen MR) is 54.6 cm³/mol. The van der Waals surface area contributed by atoms with Crippen molar-refractivity contribution < 1.29 is 18.9 Å². The number of rotatable bonds is 5. The van der Waals surface area contributed by atoms with Gasteiger partial charge < -0.3 is 18.9 Å². The fourth-order valence-corrected chi connectivity index (χ4v) is 2.62. The van der Waals surface area contributed by atoms with Gasteiger partial charge in [-0.05, 0) is 25.2 Å². The molecule has 1 aliphatic carbocycles. The number of hydrogen-bond acceptors (Lipinski definition) is 4. The van der Waals surface area contributed by atoms with Crippen LogP contribution in [-0.2, 0) is 18.9 Å². The van der Waals surface area contributed by atoms with Crippen LogP contribution in [0.5, 0.6) is 0 Å². The Labute approximate surface area is 90.8 Å². The Morgan fingerprint density at radius 3 is 2.27 bits per heavy atom. The lowest BCUT2D eigenvalue weighted by Gasteiger charge is -2.31. The molecule has 0 aromatic heterocycles. The smallest absolute Gasteiger partial charge is 0.183 e. The quantitative estimate of drug-likeness (QED) is 0.511. The maximum atomic E-state index is 5.51. The number of epoxide rings is 1. The highest BCUT2D eigenvalue weighted by atomic mass is 16.7. The minimum atomic E-state index is -0.268. The summed E-state index contributed by atoms with van der Waals surface area (Å²) in [5.41, 5.74) is 0. The van der Waals surface area contributed by atoms with E-state index >= 15 is 0 Å². The highest BCUT2D eigenvalue weighted by Gasteiger charge is 2.47. The van der Waals surface area contributed by atoms with Crippen LogP contribution in [0.2, 0.25) is 0 Å². The lowest BCUT2D eigenvalue weighted by molar-refractivity contribution is -0.190. The molecule has 0 bridgehead atoms. The van der Waals surface area contributed by atoms with E-state index < -0.39 is 0 Å². The third-order valence-electron chi connectivity index (χ3n) is 3.51. The van der Waals surface area contributed by atoms with Crippen molar-refractivity contribution in [2.45, 2.75) is 43.9 Å². The van der Waals surface area contributed by atoms with Gasteiger partial charge in [-0.2, -0.15) is 0 Å². The predicted octanol–water partition coefficient (Wildman–Crippen LogP) is 1.19. The average molecular weight is 216 g/mol. The molecule has 1 saturated heterocycles. The molecule has 1 heterocycles. The van der Waals surface area contributed by atoms with Crippen molar-refractivity contribution in [3.8, 4) is 0 Å². The molecule has 2 rings (SSSR count). The Balaban J connectivity index is 1.92. The van der Waals surface area contributed by atoms with Crippen molar-refractivity contribution in [1.82, 2.24) is 0 Å². The van der Waals surface area contributed by atoms with E-state index in [1.165, 1.54) is 0 Å². The Morgan fingerprint density at radius 1 is 1.00 bits per heavy atom. The Bertz CT molecular complexity index is 205. The first-order valence-electron chi connectivity index (χ1n) is 5.54. The Hall–Kier alpha value is -0.160. The van der Waals surface area contributed by atoms with Crippen molar-refractivity contribution >= 4 is 0 Å². The maximum Gasteiger partial charge on any atom is 0.183 e. The Kier molecular flexibility index (Phi) is 3.61. The van der Waals surface area contributed by atoms with Crippen molar-refractivity contribution in [1.29, 1.82) is 0 Å². The van der Waals surface area contributed by atoms with Gasteiger partial charge in [0.1, 0.15) is 6.10 Å². The minimum Gasteiger partial charge on any atom is -0.376 e. The molecule has 0 aromatic carbocycles. The largest absolute Gasteiger partial charge is 0.376 e. The van der Waals surface area contributed by atoms with Crippen LogP contribution in [0.4, 0.5) is 0 Å². The summed E-state index contributed by atoms with van der Waals surface area (Å²) in [6, 6.07) is 0. The van der Waals surface area contributed by atoms with Gasteiger partial charge in [-0.25, -0.2) is 0 Å². The first-order chi connectivity index (χ1) is 7.30. The average Bonchev–Trinajstić information content (AvgIpc) is 3.03. The van der Waals surface area contributed by atoms with E-state index in [1.807, 2.05) is 0 Å². The zero-order valence-corrected chi connectivity index (χ0v) is 9.64. The van der Waals surface area contributed by atoms with Crippen LogP contribution in [0.1, 0.15) is 19.3 Å². The molecule has 4 atom stereocenters. The van der Waals surface area contributed by atoms with Gasteiger partial charge in [0.25, 0.3) is 0 Å². The molecule has 1 aliphatic heterocycles. The highest BCUT2D eigenvalue weighted by molar-refractivity contribution is 4.94. The number of ether oxygens (including phenoxy) is 4. The fourth-order valence-electron chi connectivity index (χ4n) is 2.62. The molecule has 0 amide bonds. The van der Waals surface area contributed by atoms with Gasteiger partial charge in [0.05, 0.1) is 12.2 Å². The number of methoxy groups -OCH3 is 3. The molecular formula is C11H20O4. The minimum absolute atomic E-state index is 0.0187. The van der Waals surface area contributed by atoms with Gasteiger partial charge in [-0.1, -0.05) is 0 Å². The second-order valence-corrected chi connectivity index (χ2v) is 4.33. The monoisotopic (exact) mass is 216 g/mol. The molecule has 4 unspecified atom stereocenters. The van der Waals surface area contributed by atoms with Gasteiger partial charge in [0.15, 0.2) is 6.29 Å². The summed E-state index contributed by atoms with van der Waals surface area (Å²) in [6.07, 6.45) is 4.11. The number of hydrogen-bond donors (Lipinski definition) is 0. The first-order valence-corrected chi connectivity index (χ1v) is 5.54. The summed E-state index contributed by atoms with van der Waals surface area (Å²) in [5, 5.41) is 0. The summed E-state index contributed by atoms with van der Waals surface area (Å²) in [4.78, 5) is 0. The molecule has 0 N–H and O–H groups in total. The van der Waals surface area contributed by atoms with E-state index in [-0.39, 0.29) is 12.4 Å². The molecule has 15 heavy (non-hydrogen) atoms. The standard InChI is InChI=1S/C11H20O4/c1-12-10(11(13-2)14-3)7-4-5-8-9(6-7)15-8/h7-11H,4-6H2,1-3H3. The van der Waals surface area contributed by atoms with Crippen molar-refractivity contribution in [2.75, 3.05) is 21.3 Å². The van der Waals surface area contributed by atoms with E-state index in [0.717, 1.165) is 19.3 Å². The van der Waals surface area contributed by atoms with Crippen molar-refractivity contribution in [3.05, 3.63) is 0 Å². The topological polar surface area (TPSA) is 40.2 Å². The molecule has 4 nitrogen and oxygen atoms in total. The second-order valence-electron chi connectivity index (χ2n) is 4.33. The summed E-state index contributed by atoms with van der Waals surface area (Å²) >= 11 is 0. The zero-order valence-electron chi connectivity index (χ0n) is 9.64. The first kappa shape index (κ1) is 11.3. The van der Waals surface area contributed by atoms with Crippen molar-refractivity contribution in [2.24, 2.45) is 5.92 Å². The van der Waals surface area contributed by atoms with Crippen LogP contribution in [0.25, 0.3) is 0 Å². The highest BCUT2D eigenvalue weighted by Crippen LogP contribution is 2.41. The lowest BCUT2D eigenvalue weighted by Crippen LogP contribution is -2.39. The van der Waals surface area contributed by atoms with E-state index in [9.17, 15) is 0 Å². The van der Waals surface area contributed by atoms with Crippen LogP contribution < -0.4 is 0 Å². The lowest BCUT2D eigenvalue weighted by atomic mass is 9.85. The van der Waals surface area contributed by atoms with Crippen molar-refractivity contribution in [3.63, 3.8) is 0 Å².